The molecule has 0 spiro atoms. The van der Waals surface area contributed by atoms with Gasteiger partial charge in [-0.25, -0.2) is 13.5 Å². The molecule has 2 amide bonds. The van der Waals surface area contributed by atoms with E-state index in [1.807, 2.05) is 0 Å². The van der Waals surface area contributed by atoms with Crippen molar-refractivity contribution >= 4 is 23.2 Å². The molecule has 1 heterocycles. The first kappa shape index (κ1) is 21.7. The molecular weight excluding hydrogens is 412 g/mol. The van der Waals surface area contributed by atoms with Crippen molar-refractivity contribution in [2.75, 3.05) is 24.9 Å². The van der Waals surface area contributed by atoms with E-state index in [9.17, 15) is 18.4 Å². The fourth-order valence-electron chi connectivity index (χ4n) is 2.72. The Morgan fingerprint density at radius 3 is 2.48 bits per heavy atom. The van der Waals surface area contributed by atoms with Crippen molar-refractivity contribution in [3.05, 3.63) is 59.4 Å². The number of amides is 2. The van der Waals surface area contributed by atoms with E-state index in [1.54, 1.807) is 25.1 Å². The van der Waals surface area contributed by atoms with Gasteiger partial charge < -0.3 is 20.1 Å². The molecule has 0 aliphatic carbocycles. The number of nitrogens with one attached hydrogen (secondary N) is 2. The molecule has 0 radical (unpaired) electrons. The zero-order chi connectivity index (χ0) is 22.5. The topological polar surface area (TPSA) is 107 Å². The minimum Gasteiger partial charge on any atom is -0.497 e. The maximum Gasteiger partial charge on any atom is 0.278 e. The van der Waals surface area contributed by atoms with Gasteiger partial charge in [-0.15, -0.1) is 5.10 Å². The maximum atomic E-state index is 13.3. The Balaban J connectivity index is 1.70. The molecule has 2 aromatic carbocycles. The van der Waals surface area contributed by atoms with E-state index in [4.69, 9.17) is 9.47 Å². The average molecular weight is 431 g/mol. The predicted molar refractivity (Wildman–Crippen MR) is 107 cm³/mol. The minimum absolute atomic E-state index is 0.0562. The van der Waals surface area contributed by atoms with E-state index in [0.29, 0.717) is 22.9 Å². The van der Waals surface area contributed by atoms with Crippen molar-refractivity contribution in [2.45, 2.75) is 13.5 Å². The summed E-state index contributed by atoms with van der Waals surface area (Å²) >= 11 is 0. The second-order valence-electron chi connectivity index (χ2n) is 6.38. The molecule has 0 unspecified atom stereocenters. The molecule has 0 atom stereocenters. The first-order valence-corrected chi connectivity index (χ1v) is 9.00. The molecule has 0 bridgehead atoms. The van der Waals surface area contributed by atoms with Crippen LogP contribution in [0.5, 0.6) is 11.5 Å². The predicted octanol–water partition coefficient (Wildman–Crippen LogP) is 2.77. The number of rotatable bonds is 7. The number of hydrogen-bond acceptors (Lipinski definition) is 6. The van der Waals surface area contributed by atoms with Crippen LogP contribution in [0.3, 0.4) is 0 Å². The molecule has 9 nitrogen and oxygen atoms in total. The summed E-state index contributed by atoms with van der Waals surface area (Å²) in [6.07, 6.45) is 0. The van der Waals surface area contributed by atoms with Crippen LogP contribution in [0.25, 0.3) is 0 Å². The maximum absolute atomic E-state index is 13.3. The quantitative estimate of drug-likeness (QED) is 0.596. The van der Waals surface area contributed by atoms with Gasteiger partial charge in [0.05, 0.1) is 25.6 Å². The molecule has 3 rings (SSSR count). The number of methoxy groups -OCH3 is 2. The van der Waals surface area contributed by atoms with Crippen LogP contribution < -0.4 is 20.1 Å². The molecule has 2 N–H and O–H groups in total. The van der Waals surface area contributed by atoms with Gasteiger partial charge in [-0.05, 0) is 31.2 Å². The summed E-state index contributed by atoms with van der Waals surface area (Å²) in [5.74, 6) is -2.27. The largest absolute Gasteiger partial charge is 0.497 e. The van der Waals surface area contributed by atoms with E-state index in [-0.39, 0.29) is 17.9 Å². The van der Waals surface area contributed by atoms with E-state index in [2.05, 4.69) is 20.9 Å². The van der Waals surface area contributed by atoms with E-state index in [1.165, 1.54) is 25.0 Å². The lowest BCUT2D eigenvalue weighted by atomic mass is 10.2. The van der Waals surface area contributed by atoms with Crippen LogP contribution in [0.1, 0.15) is 16.2 Å². The van der Waals surface area contributed by atoms with Crippen LogP contribution in [0.15, 0.2) is 36.4 Å². The minimum atomic E-state index is -1.09. The number of benzene rings is 2. The summed E-state index contributed by atoms with van der Waals surface area (Å²) in [5.41, 5.74) is 0.714. The highest BCUT2D eigenvalue weighted by atomic mass is 19.2. The number of carbonyl (C=O) groups is 2. The van der Waals surface area contributed by atoms with Crippen molar-refractivity contribution in [1.82, 2.24) is 15.0 Å². The molecule has 162 valence electrons. The Morgan fingerprint density at radius 1 is 1.03 bits per heavy atom. The van der Waals surface area contributed by atoms with Crippen molar-refractivity contribution < 1.29 is 27.8 Å². The molecule has 0 saturated carbocycles. The van der Waals surface area contributed by atoms with Crippen LogP contribution in [-0.2, 0) is 11.3 Å². The van der Waals surface area contributed by atoms with Gasteiger partial charge in [0, 0.05) is 17.8 Å². The molecule has 3 aromatic rings. The second-order valence-corrected chi connectivity index (χ2v) is 6.38. The van der Waals surface area contributed by atoms with Gasteiger partial charge in [-0.1, -0.05) is 5.21 Å². The number of nitrogens with zero attached hydrogens (tertiary/aromatic N) is 3. The van der Waals surface area contributed by atoms with Crippen LogP contribution in [0.2, 0.25) is 0 Å². The van der Waals surface area contributed by atoms with E-state index < -0.39 is 23.4 Å². The molecule has 0 aliphatic heterocycles. The van der Waals surface area contributed by atoms with Gasteiger partial charge in [0.25, 0.3) is 5.91 Å². The third-order valence-electron chi connectivity index (χ3n) is 4.35. The summed E-state index contributed by atoms with van der Waals surface area (Å²) in [5, 5.41) is 12.7. The van der Waals surface area contributed by atoms with Crippen molar-refractivity contribution in [2.24, 2.45) is 0 Å². The third kappa shape index (κ3) is 4.94. The number of anilines is 2. The van der Waals surface area contributed by atoms with Crippen molar-refractivity contribution in [3.63, 3.8) is 0 Å². The first-order chi connectivity index (χ1) is 14.8. The lowest BCUT2D eigenvalue weighted by Gasteiger charge is -2.12. The molecule has 1 aromatic heterocycles. The zero-order valence-corrected chi connectivity index (χ0v) is 16.9. The highest BCUT2D eigenvalue weighted by molar-refractivity contribution is 6.03. The van der Waals surface area contributed by atoms with Gasteiger partial charge >= 0.3 is 0 Å². The van der Waals surface area contributed by atoms with Gasteiger partial charge in [-0.2, -0.15) is 0 Å². The van der Waals surface area contributed by atoms with Crippen LogP contribution in [0, 0.1) is 18.6 Å². The molecule has 11 heteroatoms. The van der Waals surface area contributed by atoms with Crippen molar-refractivity contribution in [3.8, 4) is 11.5 Å². The summed E-state index contributed by atoms with van der Waals surface area (Å²) in [6, 6.07) is 7.90. The SMILES string of the molecule is COc1ccc(OC)c(NC(=O)Cn2nnc(C(=O)Nc3ccc(F)c(F)c3)c2C)c1. The number of hydrogen-bond donors (Lipinski definition) is 2. The Bertz CT molecular complexity index is 1130. The fourth-order valence-corrected chi connectivity index (χ4v) is 2.72. The molecule has 31 heavy (non-hydrogen) atoms. The Labute approximate surface area is 176 Å². The highest BCUT2D eigenvalue weighted by Gasteiger charge is 2.19. The number of halogens is 2. The Hall–Kier alpha value is -4.02. The smallest absolute Gasteiger partial charge is 0.278 e. The second kappa shape index (κ2) is 9.20. The van der Waals surface area contributed by atoms with Gasteiger partial charge in [-0.3, -0.25) is 9.59 Å². The number of carbonyl (C=O) groups excluding carboxylic acids is 2. The summed E-state index contributed by atoms with van der Waals surface area (Å²) in [6.45, 7) is 1.33. The number of ether oxygens (including phenoxy) is 2. The molecule has 0 fully saturated rings. The fraction of sp³-hybridized carbons (Fsp3) is 0.200. The van der Waals surface area contributed by atoms with Gasteiger partial charge in [0.15, 0.2) is 17.3 Å². The average Bonchev–Trinajstić information content (AvgIpc) is 3.10. The lowest BCUT2D eigenvalue weighted by molar-refractivity contribution is -0.117. The Morgan fingerprint density at radius 2 is 1.81 bits per heavy atom. The summed E-state index contributed by atoms with van der Waals surface area (Å²) in [4.78, 5) is 24.9. The third-order valence-corrected chi connectivity index (χ3v) is 4.35. The lowest BCUT2D eigenvalue weighted by Crippen LogP contribution is -2.21. The normalized spacial score (nSPS) is 10.5. The molecule has 0 saturated heterocycles. The first-order valence-electron chi connectivity index (χ1n) is 9.00. The van der Waals surface area contributed by atoms with Crippen LogP contribution in [0.4, 0.5) is 20.2 Å². The standard InChI is InChI=1S/C20H19F2N5O4/c1-11-19(20(29)23-12-4-6-14(21)15(22)8-12)25-26-27(11)10-18(28)24-16-9-13(30-2)5-7-17(16)31-3/h4-9H,10H2,1-3H3,(H,23,29)(H,24,28). The monoisotopic (exact) mass is 431 g/mol. The van der Waals surface area contributed by atoms with Gasteiger partial charge in [0.1, 0.15) is 18.0 Å². The van der Waals surface area contributed by atoms with Crippen LogP contribution >= 0.6 is 0 Å². The Kier molecular flexibility index (Phi) is 6.43. The number of aromatic nitrogens is 3. The van der Waals surface area contributed by atoms with E-state index in [0.717, 1.165) is 12.1 Å². The zero-order valence-electron chi connectivity index (χ0n) is 16.9. The van der Waals surface area contributed by atoms with Crippen molar-refractivity contribution in [1.29, 1.82) is 0 Å². The van der Waals surface area contributed by atoms with Crippen LogP contribution in [-0.4, -0.2) is 41.0 Å². The van der Waals surface area contributed by atoms with E-state index >= 15 is 0 Å². The van der Waals surface area contributed by atoms with Gasteiger partial charge in [0.2, 0.25) is 5.91 Å². The highest BCUT2D eigenvalue weighted by Crippen LogP contribution is 2.28. The summed E-state index contributed by atoms with van der Waals surface area (Å²) in [7, 11) is 2.97. The molecular formula is C20H19F2N5O4. The summed E-state index contributed by atoms with van der Waals surface area (Å²) < 4.78 is 37.9. The molecule has 0 aliphatic rings.